The van der Waals surface area contributed by atoms with Crippen LogP contribution in [0.3, 0.4) is 0 Å². The van der Waals surface area contributed by atoms with E-state index >= 15 is 0 Å². The van der Waals surface area contributed by atoms with Crippen LogP contribution in [0, 0.1) is 0 Å². The number of rotatable bonds is 1. The molecule has 1 heterocycles. The van der Waals surface area contributed by atoms with E-state index in [1.54, 1.807) is 6.07 Å². The van der Waals surface area contributed by atoms with E-state index in [4.69, 9.17) is 5.11 Å². The molecule has 0 saturated heterocycles. The first kappa shape index (κ1) is 9.21. The molecule has 0 aliphatic carbocycles. The van der Waals surface area contributed by atoms with Gasteiger partial charge in [0.05, 0.1) is 5.56 Å². The van der Waals surface area contributed by atoms with Crippen LogP contribution in [0.15, 0.2) is 18.2 Å². The van der Waals surface area contributed by atoms with Crippen LogP contribution in [0.5, 0.6) is 0 Å². The minimum atomic E-state index is -0.836. The number of hydrogen-bond acceptors (Lipinski definition) is 2. The van der Waals surface area contributed by atoms with Gasteiger partial charge in [-0.3, -0.25) is 0 Å². The van der Waals surface area contributed by atoms with Crippen LogP contribution in [-0.4, -0.2) is 17.6 Å². The quantitative estimate of drug-likeness (QED) is 0.708. The highest BCUT2D eigenvalue weighted by Gasteiger charge is 2.21. The minimum absolute atomic E-state index is 0.144. The molecule has 0 aromatic heterocycles. The van der Waals surface area contributed by atoms with E-state index in [0.29, 0.717) is 5.56 Å². The van der Waals surface area contributed by atoms with Crippen molar-refractivity contribution < 1.29 is 9.90 Å². The molecule has 14 heavy (non-hydrogen) atoms. The topological polar surface area (TPSA) is 49.3 Å². The highest BCUT2D eigenvalue weighted by atomic mass is 16.4. The fourth-order valence-corrected chi connectivity index (χ4v) is 2.05. The molecule has 1 unspecified atom stereocenters. The number of aromatic carboxylic acids is 1. The van der Waals surface area contributed by atoms with Gasteiger partial charge in [0, 0.05) is 6.04 Å². The van der Waals surface area contributed by atoms with Crippen LogP contribution >= 0.6 is 0 Å². The van der Waals surface area contributed by atoms with Gasteiger partial charge >= 0.3 is 5.97 Å². The van der Waals surface area contributed by atoms with E-state index in [1.807, 2.05) is 19.1 Å². The average molecular weight is 191 g/mol. The number of carbonyl (C=O) groups is 1. The zero-order valence-electron chi connectivity index (χ0n) is 8.08. The molecule has 0 spiro atoms. The summed E-state index contributed by atoms with van der Waals surface area (Å²) in [6, 6.07) is 5.65. The molecular formula is C11H13NO2. The summed E-state index contributed by atoms with van der Waals surface area (Å²) < 4.78 is 0. The first-order valence-electron chi connectivity index (χ1n) is 4.78. The number of carboxylic acids is 1. The van der Waals surface area contributed by atoms with E-state index in [0.717, 1.165) is 24.1 Å². The molecule has 3 nitrogen and oxygen atoms in total. The molecule has 1 atom stereocenters. The van der Waals surface area contributed by atoms with Crippen LogP contribution < -0.4 is 5.32 Å². The Hall–Kier alpha value is -1.35. The summed E-state index contributed by atoms with van der Waals surface area (Å²) in [6.45, 7) is 2.93. The van der Waals surface area contributed by atoms with Crippen molar-refractivity contribution in [1.82, 2.24) is 5.32 Å². The first-order chi connectivity index (χ1) is 6.70. The molecule has 2 rings (SSSR count). The summed E-state index contributed by atoms with van der Waals surface area (Å²) in [5.41, 5.74) is 2.55. The summed E-state index contributed by atoms with van der Waals surface area (Å²) in [5, 5.41) is 12.3. The summed E-state index contributed by atoms with van der Waals surface area (Å²) >= 11 is 0. The predicted octanol–water partition coefficient (Wildman–Crippen LogP) is 1.59. The molecule has 0 radical (unpaired) electrons. The summed E-state index contributed by atoms with van der Waals surface area (Å²) in [7, 11) is 0. The van der Waals surface area contributed by atoms with Crippen molar-refractivity contribution in [2.75, 3.05) is 6.54 Å². The second-order valence-corrected chi connectivity index (χ2v) is 3.61. The largest absolute Gasteiger partial charge is 0.478 e. The van der Waals surface area contributed by atoms with Crippen LogP contribution in [0.4, 0.5) is 0 Å². The average Bonchev–Trinajstić information content (AvgIpc) is 2.17. The molecule has 0 saturated carbocycles. The van der Waals surface area contributed by atoms with E-state index in [2.05, 4.69) is 5.32 Å². The van der Waals surface area contributed by atoms with Crippen molar-refractivity contribution in [2.45, 2.75) is 19.4 Å². The molecular weight excluding hydrogens is 178 g/mol. The Labute approximate surface area is 82.8 Å². The Kier molecular flexibility index (Phi) is 2.25. The van der Waals surface area contributed by atoms with Crippen molar-refractivity contribution in [1.29, 1.82) is 0 Å². The van der Waals surface area contributed by atoms with Crippen molar-refractivity contribution in [3.05, 3.63) is 34.9 Å². The number of benzene rings is 1. The Bertz CT molecular complexity index is 374. The van der Waals surface area contributed by atoms with Gasteiger partial charge < -0.3 is 10.4 Å². The highest BCUT2D eigenvalue weighted by molar-refractivity contribution is 5.90. The maximum atomic E-state index is 11.0. The van der Waals surface area contributed by atoms with Gasteiger partial charge in [-0.05, 0) is 37.1 Å². The maximum Gasteiger partial charge on any atom is 0.336 e. The van der Waals surface area contributed by atoms with Gasteiger partial charge in [0.15, 0.2) is 0 Å². The van der Waals surface area contributed by atoms with Crippen LogP contribution in [0.1, 0.15) is 34.5 Å². The zero-order chi connectivity index (χ0) is 10.1. The van der Waals surface area contributed by atoms with Gasteiger partial charge in [-0.1, -0.05) is 12.1 Å². The van der Waals surface area contributed by atoms with Gasteiger partial charge in [0.2, 0.25) is 0 Å². The van der Waals surface area contributed by atoms with Crippen LogP contribution in [0.2, 0.25) is 0 Å². The van der Waals surface area contributed by atoms with Gasteiger partial charge in [-0.25, -0.2) is 4.79 Å². The fraction of sp³-hybridized carbons (Fsp3) is 0.364. The standard InChI is InChI=1S/C11H13NO2/c1-7-10-8(5-6-12-7)3-2-4-9(10)11(13)14/h2-4,7,12H,5-6H2,1H3,(H,13,14). The summed E-state index contributed by atoms with van der Waals surface area (Å²) in [5.74, 6) is -0.836. The second-order valence-electron chi connectivity index (χ2n) is 3.61. The molecule has 0 fully saturated rings. The van der Waals surface area contributed by atoms with E-state index in [-0.39, 0.29) is 6.04 Å². The van der Waals surface area contributed by atoms with Gasteiger partial charge in [0.25, 0.3) is 0 Å². The number of hydrogen-bond donors (Lipinski definition) is 2. The third-order valence-electron chi connectivity index (χ3n) is 2.70. The van der Waals surface area contributed by atoms with Gasteiger partial charge in [-0.15, -0.1) is 0 Å². The fourth-order valence-electron chi connectivity index (χ4n) is 2.05. The maximum absolute atomic E-state index is 11.0. The lowest BCUT2D eigenvalue weighted by Crippen LogP contribution is -2.29. The predicted molar refractivity (Wildman–Crippen MR) is 53.5 cm³/mol. The van der Waals surface area contributed by atoms with Crippen molar-refractivity contribution >= 4 is 5.97 Å². The molecule has 1 aliphatic heterocycles. The monoisotopic (exact) mass is 191 g/mol. The van der Waals surface area contributed by atoms with E-state index in [1.165, 1.54) is 0 Å². The lowest BCUT2D eigenvalue weighted by Gasteiger charge is -2.25. The van der Waals surface area contributed by atoms with E-state index < -0.39 is 5.97 Å². The van der Waals surface area contributed by atoms with Crippen molar-refractivity contribution in [2.24, 2.45) is 0 Å². The highest BCUT2D eigenvalue weighted by Crippen LogP contribution is 2.26. The molecule has 1 aromatic carbocycles. The Morgan fingerprint density at radius 3 is 3.07 bits per heavy atom. The normalized spacial score (nSPS) is 20.2. The number of fused-ring (bicyclic) bond motifs is 1. The zero-order valence-corrected chi connectivity index (χ0v) is 8.08. The third-order valence-corrected chi connectivity index (χ3v) is 2.70. The van der Waals surface area contributed by atoms with Gasteiger partial charge in [0.1, 0.15) is 0 Å². The van der Waals surface area contributed by atoms with E-state index in [9.17, 15) is 4.79 Å². The first-order valence-corrected chi connectivity index (χ1v) is 4.78. The third kappa shape index (κ3) is 1.40. The SMILES string of the molecule is CC1NCCc2cccc(C(=O)O)c21. The molecule has 74 valence electrons. The molecule has 0 amide bonds. The van der Waals surface area contributed by atoms with Crippen molar-refractivity contribution in [3.63, 3.8) is 0 Å². The minimum Gasteiger partial charge on any atom is -0.478 e. The Morgan fingerprint density at radius 2 is 2.36 bits per heavy atom. The van der Waals surface area contributed by atoms with Crippen LogP contribution in [0.25, 0.3) is 0 Å². The number of carboxylic acid groups (broad SMARTS) is 1. The second kappa shape index (κ2) is 3.42. The molecule has 2 N–H and O–H groups in total. The lowest BCUT2D eigenvalue weighted by molar-refractivity contribution is 0.0694. The lowest BCUT2D eigenvalue weighted by atomic mass is 9.91. The molecule has 0 bridgehead atoms. The summed E-state index contributed by atoms with van der Waals surface area (Å²) in [6.07, 6.45) is 0.917. The Balaban J connectivity index is 2.57. The molecule has 1 aliphatic rings. The van der Waals surface area contributed by atoms with Crippen molar-refractivity contribution in [3.8, 4) is 0 Å². The Morgan fingerprint density at radius 1 is 1.57 bits per heavy atom. The summed E-state index contributed by atoms with van der Waals surface area (Å²) in [4.78, 5) is 11.0. The number of nitrogens with one attached hydrogen (secondary N) is 1. The van der Waals surface area contributed by atoms with Crippen LogP contribution in [-0.2, 0) is 6.42 Å². The molecule has 3 heteroatoms. The van der Waals surface area contributed by atoms with Gasteiger partial charge in [-0.2, -0.15) is 0 Å². The smallest absolute Gasteiger partial charge is 0.336 e. The molecule has 1 aromatic rings.